The van der Waals surface area contributed by atoms with E-state index in [1.54, 1.807) is 36.9 Å². The van der Waals surface area contributed by atoms with E-state index in [0.29, 0.717) is 60.4 Å². The van der Waals surface area contributed by atoms with Crippen molar-refractivity contribution in [3.63, 3.8) is 0 Å². The molecule has 3 heterocycles. The van der Waals surface area contributed by atoms with E-state index in [-0.39, 0.29) is 37.1 Å². The van der Waals surface area contributed by atoms with Gasteiger partial charge in [-0.05, 0) is 74.0 Å². The lowest BCUT2D eigenvalue weighted by molar-refractivity contribution is -0.140. The van der Waals surface area contributed by atoms with Gasteiger partial charge in [-0.15, -0.1) is 0 Å². The zero-order chi connectivity index (χ0) is 35.4. The van der Waals surface area contributed by atoms with Crippen LogP contribution in [0.4, 0.5) is 18.9 Å². The van der Waals surface area contributed by atoms with Gasteiger partial charge in [-0.1, -0.05) is 36.4 Å². The van der Waals surface area contributed by atoms with Gasteiger partial charge in [0.05, 0.1) is 24.3 Å². The maximum absolute atomic E-state index is 13.6. The molecule has 2 aliphatic rings. The van der Waals surface area contributed by atoms with E-state index >= 15 is 0 Å². The number of rotatable bonds is 9. The van der Waals surface area contributed by atoms with Crippen molar-refractivity contribution >= 4 is 23.5 Å². The molecule has 1 saturated heterocycles. The number of anilines is 1. The number of carbonyl (C=O) groups is 3. The van der Waals surface area contributed by atoms with Crippen molar-refractivity contribution in [2.75, 3.05) is 37.7 Å². The van der Waals surface area contributed by atoms with E-state index in [2.05, 4.69) is 0 Å². The summed E-state index contributed by atoms with van der Waals surface area (Å²) in [5.74, 6) is -0.0364. The first-order valence-electron chi connectivity index (χ1n) is 16.3. The lowest BCUT2D eigenvalue weighted by atomic mass is 9.83. The van der Waals surface area contributed by atoms with Crippen LogP contribution in [0.2, 0.25) is 0 Å². The van der Waals surface area contributed by atoms with Gasteiger partial charge in [-0.3, -0.25) is 9.59 Å². The van der Waals surface area contributed by atoms with Crippen LogP contribution in [0, 0.1) is 0 Å². The Kier molecular flexibility index (Phi) is 9.98. The van der Waals surface area contributed by atoms with Crippen LogP contribution in [0.1, 0.15) is 53.6 Å². The van der Waals surface area contributed by atoms with E-state index < -0.39 is 23.6 Å². The summed E-state index contributed by atoms with van der Waals surface area (Å²) in [5, 5.41) is 0. The van der Waals surface area contributed by atoms with Crippen molar-refractivity contribution in [1.29, 1.82) is 0 Å². The molecule has 0 saturated carbocycles. The summed E-state index contributed by atoms with van der Waals surface area (Å²) in [6.45, 7) is 4.85. The minimum absolute atomic E-state index is 0.00291. The van der Waals surface area contributed by atoms with Crippen LogP contribution in [0.25, 0.3) is 0 Å². The smallest absolute Gasteiger partial charge is 0.416 e. The molecule has 1 fully saturated rings. The van der Waals surface area contributed by atoms with Crippen molar-refractivity contribution < 1.29 is 41.4 Å². The van der Waals surface area contributed by atoms with E-state index in [1.807, 2.05) is 53.4 Å². The average molecular weight is 688 g/mol. The molecule has 1 atom stereocenters. The van der Waals surface area contributed by atoms with Crippen LogP contribution in [-0.2, 0) is 27.0 Å². The predicted molar refractivity (Wildman–Crippen MR) is 178 cm³/mol. The molecule has 2 aliphatic heterocycles. The van der Waals surface area contributed by atoms with Crippen LogP contribution < -0.4 is 9.64 Å². The number of allylic oxidation sites excluding steroid dienone is 1. The van der Waals surface area contributed by atoms with E-state index in [4.69, 9.17) is 13.9 Å². The van der Waals surface area contributed by atoms with Gasteiger partial charge < -0.3 is 28.6 Å². The molecule has 6 rings (SSSR count). The van der Waals surface area contributed by atoms with Crippen molar-refractivity contribution in [3.8, 4) is 11.5 Å². The summed E-state index contributed by atoms with van der Waals surface area (Å²) in [7, 11) is 0. The van der Waals surface area contributed by atoms with Crippen LogP contribution in [0.5, 0.6) is 11.5 Å². The molecule has 0 aliphatic carbocycles. The normalized spacial score (nSPS) is 16.9. The molecule has 2 amide bonds. The highest BCUT2D eigenvalue weighted by atomic mass is 19.4. The van der Waals surface area contributed by atoms with E-state index in [0.717, 1.165) is 17.7 Å². The molecule has 260 valence electrons. The molecular formula is C38H36F3N3O6. The second-order valence-electron chi connectivity index (χ2n) is 12.0. The molecule has 0 spiro atoms. The number of furan rings is 1. The second kappa shape index (κ2) is 14.5. The Labute approximate surface area is 287 Å². The average Bonchev–Trinajstić information content (AvgIpc) is 3.58. The SMILES string of the molecule is CCOC(=O)C1=C(C)N(Cc2ccc(C(=O)N3CCN(c4cccc(C(F)(F)F)c4)CC3)o2)C(=O)CC1c1cccc(Oc2ccccc2)c1. The zero-order valence-corrected chi connectivity index (χ0v) is 27.6. The monoisotopic (exact) mass is 687 g/mol. The van der Waals surface area contributed by atoms with Crippen LogP contribution in [-0.4, -0.2) is 60.4 Å². The molecule has 1 unspecified atom stereocenters. The molecule has 3 aromatic carbocycles. The summed E-state index contributed by atoms with van der Waals surface area (Å²) in [6.07, 6.45) is -4.44. The molecule has 50 heavy (non-hydrogen) atoms. The van der Waals surface area contributed by atoms with Crippen LogP contribution >= 0.6 is 0 Å². The lowest BCUT2D eigenvalue weighted by Gasteiger charge is -2.36. The maximum Gasteiger partial charge on any atom is 0.416 e. The minimum atomic E-state index is -4.44. The Morgan fingerprint density at radius 1 is 0.880 bits per heavy atom. The van der Waals surface area contributed by atoms with Gasteiger partial charge in [0, 0.05) is 49.9 Å². The summed E-state index contributed by atoms with van der Waals surface area (Å²) in [4.78, 5) is 45.2. The van der Waals surface area contributed by atoms with Gasteiger partial charge in [0.15, 0.2) is 5.76 Å². The molecule has 0 N–H and O–H groups in total. The lowest BCUT2D eigenvalue weighted by Crippen LogP contribution is -2.48. The molecule has 12 heteroatoms. The fourth-order valence-electron chi connectivity index (χ4n) is 6.32. The highest BCUT2D eigenvalue weighted by molar-refractivity contribution is 5.96. The summed E-state index contributed by atoms with van der Waals surface area (Å²) < 4.78 is 56.9. The first kappa shape index (κ1) is 34.3. The third-order valence-electron chi connectivity index (χ3n) is 8.85. The number of amides is 2. The first-order chi connectivity index (χ1) is 24.0. The first-order valence-corrected chi connectivity index (χ1v) is 16.3. The van der Waals surface area contributed by atoms with E-state index in [1.165, 1.54) is 17.0 Å². The topological polar surface area (TPSA) is 92.5 Å². The number of para-hydroxylation sites is 1. The van der Waals surface area contributed by atoms with Crippen LogP contribution in [0.15, 0.2) is 107 Å². The van der Waals surface area contributed by atoms with Gasteiger partial charge >= 0.3 is 12.1 Å². The Morgan fingerprint density at radius 2 is 1.60 bits per heavy atom. The van der Waals surface area contributed by atoms with Gasteiger partial charge in [-0.25, -0.2) is 4.79 Å². The Bertz CT molecular complexity index is 1900. The van der Waals surface area contributed by atoms with Crippen molar-refractivity contribution in [2.45, 2.75) is 38.9 Å². The van der Waals surface area contributed by atoms with Gasteiger partial charge in [0.1, 0.15) is 17.3 Å². The highest BCUT2D eigenvalue weighted by Gasteiger charge is 2.38. The number of ether oxygens (including phenoxy) is 2. The molecule has 0 radical (unpaired) electrons. The number of nitrogens with zero attached hydrogens (tertiary/aromatic N) is 3. The van der Waals surface area contributed by atoms with Gasteiger partial charge in [0.25, 0.3) is 5.91 Å². The Hall–Kier alpha value is -5.52. The number of piperazine rings is 1. The minimum Gasteiger partial charge on any atom is -0.463 e. The molecular weight excluding hydrogens is 651 g/mol. The molecule has 0 bridgehead atoms. The second-order valence-corrected chi connectivity index (χ2v) is 12.0. The number of esters is 1. The number of hydrogen-bond donors (Lipinski definition) is 0. The highest BCUT2D eigenvalue weighted by Crippen LogP contribution is 2.39. The standard InChI is InChI=1S/C38H36F3N3O6/c1-3-48-37(47)35-25(2)44(34(45)23-32(35)26-9-7-14-30(21-26)49-29-12-5-4-6-13-29)24-31-15-16-33(50-31)36(46)43-19-17-42(18-20-43)28-11-8-10-27(22-28)38(39,40)41/h4-16,21-22,32H,3,17-20,23-24H2,1-2H3. The third kappa shape index (κ3) is 7.54. The number of benzene rings is 3. The molecule has 4 aromatic rings. The fourth-order valence-corrected chi connectivity index (χ4v) is 6.32. The quantitative estimate of drug-likeness (QED) is 0.169. The molecule has 9 nitrogen and oxygen atoms in total. The summed E-state index contributed by atoms with van der Waals surface area (Å²) >= 11 is 0. The molecule has 1 aromatic heterocycles. The fraction of sp³-hybridized carbons (Fsp3) is 0.289. The van der Waals surface area contributed by atoms with Gasteiger partial charge in [-0.2, -0.15) is 13.2 Å². The third-order valence-corrected chi connectivity index (χ3v) is 8.85. The summed E-state index contributed by atoms with van der Waals surface area (Å²) in [5.41, 5.74) is 1.23. The summed E-state index contributed by atoms with van der Waals surface area (Å²) in [6, 6.07) is 24.9. The largest absolute Gasteiger partial charge is 0.463 e. The number of halogens is 3. The zero-order valence-electron chi connectivity index (χ0n) is 27.6. The Morgan fingerprint density at radius 3 is 2.32 bits per heavy atom. The maximum atomic E-state index is 13.6. The van der Waals surface area contributed by atoms with Crippen molar-refractivity contribution in [2.24, 2.45) is 0 Å². The van der Waals surface area contributed by atoms with Crippen molar-refractivity contribution in [1.82, 2.24) is 9.80 Å². The predicted octanol–water partition coefficient (Wildman–Crippen LogP) is 7.41. The number of hydrogen-bond acceptors (Lipinski definition) is 7. The number of carbonyl (C=O) groups excluding carboxylic acids is 3. The van der Waals surface area contributed by atoms with Crippen molar-refractivity contribution in [3.05, 3.63) is 125 Å². The van der Waals surface area contributed by atoms with E-state index in [9.17, 15) is 27.6 Å². The number of alkyl halides is 3. The van der Waals surface area contributed by atoms with Crippen LogP contribution in [0.3, 0.4) is 0 Å². The Balaban J connectivity index is 1.15. The van der Waals surface area contributed by atoms with Gasteiger partial charge in [0.2, 0.25) is 5.91 Å².